The molecule has 9 heteroatoms. The minimum Gasteiger partial charge on any atom is -0.451 e. The van der Waals surface area contributed by atoms with Gasteiger partial charge in [0.2, 0.25) is 0 Å². The monoisotopic (exact) mass is 353 g/mol. The highest BCUT2D eigenvalue weighted by Crippen LogP contribution is 2.34. The van der Waals surface area contributed by atoms with Crippen LogP contribution in [0.3, 0.4) is 0 Å². The van der Waals surface area contributed by atoms with Crippen molar-refractivity contribution < 1.29 is 14.3 Å². The molecule has 3 N–H and O–H groups in total. The Bertz CT molecular complexity index is 566. The van der Waals surface area contributed by atoms with Crippen molar-refractivity contribution in [2.75, 3.05) is 12.3 Å². The first-order valence-corrected chi connectivity index (χ1v) is 7.17. The summed E-state index contributed by atoms with van der Waals surface area (Å²) in [5.74, 6) is -1.34. The number of nitrogens with two attached hydrogens (primary N) is 1. The van der Waals surface area contributed by atoms with Gasteiger partial charge in [-0.15, -0.1) is 0 Å². The average Bonchev–Trinajstić information content (AvgIpc) is 2.46. The molecule has 0 aliphatic carbocycles. The van der Waals surface area contributed by atoms with Gasteiger partial charge in [0.15, 0.2) is 17.5 Å². The summed E-state index contributed by atoms with van der Waals surface area (Å²) in [7, 11) is 0. The molecule has 0 spiro atoms. The van der Waals surface area contributed by atoms with Crippen molar-refractivity contribution in [3.63, 3.8) is 0 Å². The minimum absolute atomic E-state index is 0.0152. The summed E-state index contributed by atoms with van der Waals surface area (Å²) in [5, 5.41) is 2.25. The predicted octanol–water partition coefficient (Wildman–Crippen LogP) is 2.70. The van der Waals surface area contributed by atoms with Crippen molar-refractivity contribution in [2.24, 2.45) is 0 Å². The van der Waals surface area contributed by atoms with E-state index in [-0.39, 0.29) is 32.6 Å². The Balaban J connectivity index is 2.75. The molecular weight excluding hydrogens is 341 g/mol. The van der Waals surface area contributed by atoms with E-state index in [4.69, 9.17) is 45.3 Å². The quantitative estimate of drug-likeness (QED) is 0.626. The number of pyridine rings is 1. The Morgan fingerprint density at radius 3 is 2.52 bits per heavy atom. The number of esters is 1. The molecule has 0 unspecified atom stereocenters. The third-order valence-electron chi connectivity index (χ3n) is 2.62. The summed E-state index contributed by atoms with van der Waals surface area (Å²) in [5.41, 5.74) is 5.22. The van der Waals surface area contributed by atoms with Crippen LogP contribution in [0.2, 0.25) is 15.2 Å². The number of aromatic nitrogens is 1. The molecular formula is C12H14Cl3N3O3. The summed E-state index contributed by atoms with van der Waals surface area (Å²) in [6, 6.07) is -0.0152. The van der Waals surface area contributed by atoms with Crippen LogP contribution < -0.4 is 11.1 Å². The van der Waals surface area contributed by atoms with E-state index in [9.17, 15) is 9.59 Å². The molecule has 0 radical (unpaired) electrons. The van der Waals surface area contributed by atoms with E-state index in [1.54, 1.807) is 0 Å². The molecule has 1 amide bonds. The molecule has 1 aromatic heterocycles. The van der Waals surface area contributed by atoms with Crippen LogP contribution in [0.5, 0.6) is 0 Å². The van der Waals surface area contributed by atoms with E-state index in [0.717, 1.165) is 6.42 Å². The van der Waals surface area contributed by atoms with E-state index in [1.807, 2.05) is 13.8 Å². The summed E-state index contributed by atoms with van der Waals surface area (Å²) < 4.78 is 4.81. The van der Waals surface area contributed by atoms with Gasteiger partial charge in [-0.3, -0.25) is 4.79 Å². The number of amides is 1. The Labute approximate surface area is 136 Å². The van der Waals surface area contributed by atoms with Crippen molar-refractivity contribution in [2.45, 2.75) is 26.3 Å². The number of ether oxygens (including phenoxy) is 1. The normalized spacial score (nSPS) is 11.9. The van der Waals surface area contributed by atoms with Crippen molar-refractivity contribution in [1.29, 1.82) is 0 Å². The van der Waals surface area contributed by atoms with Crippen LogP contribution in [0.1, 0.15) is 30.8 Å². The molecule has 0 aliphatic heterocycles. The van der Waals surface area contributed by atoms with Gasteiger partial charge in [0.05, 0.1) is 10.7 Å². The number of carbonyl (C=O) groups is 2. The van der Waals surface area contributed by atoms with Crippen molar-refractivity contribution in [3.05, 3.63) is 20.9 Å². The average molecular weight is 355 g/mol. The maximum atomic E-state index is 11.8. The molecule has 0 bridgehead atoms. The lowest BCUT2D eigenvalue weighted by atomic mass is 10.2. The number of nitrogens with zero attached hydrogens (tertiary/aromatic N) is 1. The lowest BCUT2D eigenvalue weighted by Crippen LogP contribution is -2.35. The molecule has 1 atom stereocenters. The first kappa shape index (κ1) is 17.8. The molecule has 21 heavy (non-hydrogen) atoms. The summed E-state index contributed by atoms with van der Waals surface area (Å²) in [4.78, 5) is 27.0. The van der Waals surface area contributed by atoms with Crippen molar-refractivity contribution in [1.82, 2.24) is 10.3 Å². The first-order chi connectivity index (χ1) is 9.77. The van der Waals surface area contributed by atoms with Crippen molar-refractivity contribution >= 4 is 52.4 Å². The molecule has 1 aromatic rings. The third-order valence-corrected chi connectivity index (χ3v) is 3.75. The molecule has 1 heterocycles. The molecule has 0 saturated carbocycles. The summed E-state index contributed by atoms with van der Waals surface area (Å²) >= 11 is 17.3. The van der Waals surface area contributed by atoms with E-state index in [1.165, 1.54) is 0 Å². The number of hydrogen-bond acceptors (Lipinski definition) is 5. The van der Waals surface area contributed by atoms with Crippen LogP contribution >= 0.6 is 34.8 Å². The fourth-order valence-electron chi connectivity index (χ4n) is 1.28. The molecule has 116 valence electrons. The second-order valence-electron chi connectivity index (χ2n) is 4.25. The zero-order valence-corrected chi connectivity index (χ0v) is 13.6. The topological polar surface area (TPSA) is 94.3 Å². The van der Waals surface area contributed by atoms with Gasteiger partial charge in [0.25, 0.3) is 5.91 Å². The van der Waals surface area contributed by atoms with Crippen LogP contribution in [0.15, 0.2) is 0 Å². The maximum absolute atomic E-state index is 11.8. The predicted molar refractivity (Wildman–Crippen MR) is 81.9 cm³/mol. The lowest BCUT2D eigenvalue weighted by molar-refractivity contribution is -0.124. The molecule has 0 saturated heterocycles. The van der Waals surface area contributed by atoms with Gasteiger partial charge >= 0.3 is 5.97 Å². The molecule has 0 fully saturated rings. The molecule has 6 nitrogen and oxygen atoms in total. The van der Waals surface area contributed by atoms with Gasteiger partial charge < -0.3 is 15.8 Å². The van der Waals surface area contributed by atoms with Gasteiger partial charge in [-0.1, -0.05) is 41.7 Å². The van der Waals surface area contributed by atoms with E-state index in [2.05, 4.69) is 10.3 Å². The second-order valence-corrected chi connectivity index (χ2v) is 5.36. The summed E-state index contributed by atoms with van der Waals surface area (Å²) in [6.07, 6.45) is 0.760. The number of carbonyl (C=O) groups excluding carboxylic acids is 2. The number of rotatable bonds is 5. The van der Waals surface area contributed by atoms with Crippen LogP contribution in [0, 0.1) is 0 Å². The van der Waals surface area contributed by atoms with Crippen LogP contribution in [0.4, 0.5) is 5.69 Å². The number of halogens is 3. The highest BCUT2D eigenvalue weighted by molar-refractivity contribution is 6.46. The summed E-state index contributed by atoms with van der Waals surface area (Å²) in [6.45, 7) is 3.29. The van der Waals surface area contributed by atoms with Gasteiger partial charge in [-0.05, 0) is 13.3 Å². The Morgan fingerprint density at radius 1 is 1.33 bits per heavy atom. The second kappa shape index (κ2) is 7.68. The lowest BCUT2D eigenvalue weighted by Gasteiger charge is -2.12. The first-order valence-electron chi connectivity index (χ1n) is 6.04. The van der Waals surface area contributed by atoms with Gasteiger partial charge in [-0.2, -0.15) is 0 Å². The number of anilines is 1. The third kappa shape index (κ3) is 4.62. The Morgan fingerprint density at radius 2 is 1.95 bits per heavy atom. The molecule has 0 aliphatic rings. The highest BCUT2D eigenvalue weighted by atomic mass is 35.5. The number of nitrogens with one attached hydrogen (secondary N) is 1. The van der Waals surface area contributed by atoms with Crippen molar-refractivity contribution in [3.8, 4) is 0 Å². The fraction of sp³-hybridized carbons (Fsp3) is 0.417. The minimum atomic E-state index is -0.912. The highest BCUT2D eigenvalue weighted by Gasteiger charge is 2.21. The van der Waals surface area contributed by atoms with Crippen LogP contribution in [-0.4, -0.2) is 29.5 Å². The van der Waals surface area contributed by atoms with Crippen LogP contribution in [0.25, 0.3) is 0 Å². The van der Waals surface area contributed by atoms with Gasteiger partial charge in [0.1, 0.15) is 5.02 Å². The van der Waals surface area contributed by atoms with Gasteiger partial charge in [-0.25, -0.2) is 9.78 Å². The number of nitrogen functional groups attached to an aromatic ring is 1. The largest absolute Gasteiger partial charge is 0.451 e. The van der Waals surface area contributed by atoms with E-state index < -0.39 is 18.5 Å². The Hall–Kier alpha value is -1.24. The maximum Gasteiger partial charge on any atom is 0.359 e. The zero-order chi connectivity index (χ0) is 16.2. The van der Waals surface area contributed by atoms with E-state index in [0.29, 0.717) is 0 Å². The fourth-order valence-corrected chi connectivity index (χ4v) is 1.87. The molecule has 1 rings (SSSR count). The SMILES string of the molecule is CC[C@@H](C)NC(=O)COC(=O)c1nc(Cl)c(Cl)c(N)c1Cl. The van der Waals surface area contributed by atoms with E-state index >= 15 is 0 Å². The standard InChI is InChI=1S/C12H14Cl3N3O3/c1-3-5(2)17-6(19)4-21-12(20)10-7(13)9(16)8(14)11(15)18-10/h5H,3-4H2,1-2H3,(H2,16,18)(H,17,19)/t5-/m1/s1. The smallest absolute Gasteiger partial charge is 0.359 e. The molecule has 0 aromatic carbocycles. The van der Waals surface area contributed by atoms with Crippen LogP contribution in [-0.2, 0) is 9.53 Å². The Kier molecular flexibility index (Phi) is 6.51. The number of hydrogen-bond donors (Lipinski definition) is 2. The van der Waals surface area contributed by atoms with Gasteiger partial charge in [0, 0.05) is 6.04 Å². The zero-order valence-electron chi connectivity index (χ0n) is 11.4.